The van der Waals surface area contributed by atoms with Crippen molar-refractivity contribution in [3.8, 4) is 0 Å². The minimum absolute atomic E-state index is 0.254. The minimum Gasteiger partial charge on any atom is -0.375 e. The molecule has 1 amide bonds. The van der Waals surface area contributed by atoms with Crippen molar-refractivity contribution in [3.63, 3.8) is 0 Å². The molecule has 3 fully saturated rings. The Hall–Kier alpha value is -0.650. The molecule has 126 valence electrons. The molecule has 0 N–H and O–H groups in total. The molecule has 1 atom stereocenters. The SMILES string of the molecule is O=C(CCN1CCCO1)N1CCOC(CC2CCCCC2)C1. The van der Waals surface area contributed by atoms with Crippen LogP contribution in [0.3, 0.4) is 0 Å². The van der Waals surface area contributed by atoms with E-state index in [9.17, 15) is 4.79 Å². The van der Waals surface area contributed by atoms with Crippen LogP contribution in [0.4, 0.5) is 0 Å². The Labute approximate surface area is 133 Å². The van der Waals surface area contributed by atoms with Crippen molar-refractivity contribution in [1.29, 1.82) is 0 Å². The molecule has 1 saturated carbocycles. The molecule has 1 aliphatic carbocycles. The van der Waals surface area contributed by atoms with Crippen molar-refractivity contribution >= 4 is 5.91 Å². The molecular weight excluding hydrogens is 280 g/mol. The van der Waals surface area contributed by atoms with Gasteiger partial charge in [-0.3, -0.25) is 9.63 Å². The maximum Gasteiger partial charge on any atom is 0.224 e. The van der Waals surface area contributed by atoms with E-state index < -0.39 is 0 Å². The van der Waals surface area contributed by atoms with Crippen LogP contribution >= 0.6 is 0 Å². The highest BCUT2D eigenvalue weighted by atomic mass is 16.7. The maximum atomic E-state index is 12.4. The van der Waals surface area contributed by atoms with E-state index in [4.69, 9.17) is 9.57 Å². The summed E-state index contributed by atoms with van der Waals surface area (Å²) in [7, 11) is 0. The van der Waals surface area contributed by atoms with Crippen molar-refractivity contribution in [2.24, 2.45) is 5.92 Å². The zero-order valence-electron chi connectivity index (χ0n) is 13.7. The third-order valence-corrected chi connectivity index (χ3v) is 5.21. The van der Waals surface area contributed by atoms with Gasteiger partial charge in [-0.15, -0.1) is 0 Å². The summed E-state index contributed by atoms with van der Waals surface area (Å²) in [6.07, 6.45) is 9.87. The Kier molecular flexibility index (Phi) is 6.10. The Morgan fingerprint density at radius 1 is 1.05 bits per heavy atom. The summed E-state index contributed by atoms with van der Waals surface area (Å²) in [6, 6.07) is 0. The predicted octanol–water partition coefficient (Wildman–Crippen LogP) is 2.21. The molecule has 22 heavy (non-hydrogen) atoms. The van der Waals surface area contributed by atoms with Crippen LogP contribution in [-0.4, -0.2) is 61.4 Å². The van der Waals surface area contributed by atoms with Gasteiger partial charge in [0.2, 0.25) is 5.91 Å². The fourth-order valence-corrected chi connectivity index (χ4v) is 3.94. The lowest BCUT2D eigenvalue weighted by atomic mass is 9.85. The van der Waals surface area contributed by atoms with Crippen LogP contribution in [0.1, 0.15) is 51.4 Å². The first-order valence-corrected chi connectivity index (χ1v) is 9.08. The summed E-state index contributed by atoms with van der Waals surface area (Å²) in [5.41, 5.74) is 0. The van der Waals surface area contributed by atoms with Gasteiger partial charge in [-0.05, 0) is 18.8 Å². The van der Waals surface area contributed by atoms with E-state index >= 15 is 0 Å². The van der Waals surface area contributed by atoms with Crippen molar-refractivity contribution < 1.29 is 14.4 Å². The first-order valence-electron chi connectivity index (χ1n) is 9.08. The van der Waals surface area contributed by atoms with Crippen LogP contribution in [0.25, 0.3) is 0 Å². The summed E-state index contributed by atoms with van der Waals surface area (Å²) in [5.74, 6) is 1.07. The number of morpholine rings is 1. The molecule has 2 saturated heterocycles. The maximum absolute atomic E-state index is 12.4. The summed E-state index contributed by atoms with van der Waals surface area (Å²) < 4.78 is 5.91. The van der Waals surface area contributed by atoms with E-state index in [1.807, 2.05) is 9.96 Å². The second-order valence-electron chi connectivity index (χ2n) is 6.94. The number of nitrogens with zero attached hydrogens (tertiary/aromatic N) is 2. The highest BCUT2D eigenvalue weighted by Gasteiger charge is 2.27. The van der Waals surface area contributed by atoms with E-state index in [0.29, 0.717) is 13.0 Å². The lowest BCUT2D eigenvalue weighted by Crippen LogP contribution is -2.46. The zero-order valence-corrected chi connectivity index (χ0v) is 13.7. The average Bonchev–Trinajstić information content (AvgIpc) is 3.07. The lowest BCUT2D eigenvalue weighted by molar-refractivity contribution is -0.145. The molecular formula is C17H30N2O3. The second kappa shape index (κ2) is 8.27. The molecule has 2 heterocycles. The Bertz CT molecular complexity index is 352. The predicted molar refractivity (Wildman–Crippen MR) is 84.3 cm³/mol. The van der Waals surface area contributed by atoms with Crippen LogP contribution in [0.2, 0.25) is 0 Å². The molecule has 2 aliphatic heterocycles. The largest absolute Gasteiger partial charge is 0.375 e. The van der Waals surface area contributed by atoms with Crippen LogP contribution in [-0.2, 0) is 14.4 Å². The molecule has 5 nitrogen and oxygen atoms in total. The van der Waals surface area contributed by atoms with Gasteiger partial charge in [-0.1, -0.05) is 32.1 Å². The van der Waals surface area contributed by atoms with Gasteiger partial charge in [-0.2, -0.15) is 5.06 Å². The quantitative estimate of drug-likeness (QED) is 0.781. The number of hydroxylamine groups is 2. The Balaban J connectivity index is 1.39. The Morgan fingerprint density at radius 2 is 1.91 bits per heavy atom. The van der Waals surface area contributed by atoms with Gasteiger partial charge in [0, 0.05) is 32.6 Å². The van der Waals surface area contributed by atoms with Gasteiger partial charge < -0.3 is 9.64 Å². The van der Waals surface area contributed by atoms with Crippen LogP contribution in [0, 0.1) is 5.92 Å². The second-order valence-corrected chi connectivity index (χ2v) is 6.94. The van der Waals surface area contributed by atoms with Crippen molar-refractivity contribution in [2.75, 3.05) is 39.4 Å². The van der Waals surface area contributed by atoms with E-state index in [1.165, 1.54) is 32.1 Å². The van der Waals surface area contributed by atoms with Gasteiger partial charge >= 0.3 is 0 Å². The van der Waals surface area contributed by atoms with Crippen molar-refractivity contribution in [2.45, 2.75) is 57.5 Å². The fraction of sp³-hybridized carbons (Fsp3) is 0.941. The highest BCUT2D eigenvalue weighted by Crippen LogP contribution is 2.29. The first-order chi connectivity index (χ1) is 10.8. The number of rotatable bonds is 5. The fourth-order valence-electron chi connectivity index (χ4n) is 3.94. The Morgan fingerprint density at radius 3 is 2.68 bits per heavy atom. The topological polar surface area (TPSA) is 42.0 Å². The third-order valence-electron chi connectivity index (χ3n) is 5.21. The molecule has 0 bridgehead atoms. The zero-order chi connectivity index (χ0) is 15.2. The number of amides is 1. The van der Waals surface area contributed by atoms with E-state index in [2.05, 4.69) is 0 Å². The average molecular weight is 310 g/mol. The summed E-state index contributed by atoms with van der Waals surface area (Å²) >= 11 is 0. The van der Waals surface area contributed by atoms with Crippen LogP contribution in [0.5, 0.6) is 0 Å². The first kappa shape index (κ1) is 16.2. The van der Waals surface area contributed by atoms with Gasteiger partial charge in [0.25, 0.3) is 0 Å². The molecule has 3 aliphatic rings. The highest BCUT2D eigenvalue weighted by molar-refractivity contribution is 5.76. The molecule has 0 aromatic carbocycles. The van der Waals surface area contributed by atoms with E-state index in [0.717, 1.165) is 51.5 Å². The van der Waals surface area contributed by atoms with Crippen LogP contribution < -0.4 is 0 Å². The molecule has 1 unspecified atom stereocenters. The molecule has 0 aromatic heterocycles. The number of hydrogen-bond donors (Lipinski definition) is 0. The van der Waals surface area contributed by atoms with Gasteiger partial charge in [-0.25, -0.2) is 0 Å². The van der Waals surface area contributed by atoms with E-state index in [-0.39, 0.29) is 12.0 Å². The molecule has 0 spiro atoms. The molecule has 3 rings (SSSR count). The van der Waals surface area contributed by atoms with Gasteiger partial charge in [0.05, 0.1) is 19.3 Å². The van der Waals surface area contributed by atoms with Crippen LogP contribution in [0.15, 0.2) is 0 Å². The summed E-state index contributed by atoms with van der Waals surface area (Å²) in [4.78, 5) is 19.8. The summed E-state index contributed by atoms with van der Waals surface area (Å²) in [5, 5.41) is 1.93. The number of carbonyl (C=O) groups excluding carboxylic acids is 1. The van der Waals surface area contributed by atoms with Gasteiger partial charge in [0.15, 0.2) is 0 Å². The number of ether oxygens (including phenoxy) is 1. The normalized spacial score (nSPS) is 28.2. The van der Waals surface area contributed by atoms with E-state index in [1.54, 1.807) is 0 Å². The van der Waals surface area contributed by atoms with Crippen molar-refractivity contribution in [1.82, 2.24) is 9.96 Å². The molecule has 0 aromatic rings. The standard InChI is InChI=1S/C17H30N2O3/c20-17(7-9-19-8-4-11-22-19)18-10-12-21-16(14-18)13-15-5-2-1-3-6-15/h15-16H,1-14H2. The minimum atomic E-state index is 0.254. The van der Waals surface area contributed by atoms with Crippen molar-refractivity contribution in [3.05, 3.63) is 0 Å². The summed E-state index contributed by atoms with van der Waals surface area (Å²) in [6.45, 7) is 4.72. The lowest BCUT2D eigenvalue weighted by Gasteiger charge is -2.35. The number of hydrogen-bond acceptors (Lipinski definition) is 4. The third kappa shape index (κ3) is 4.67. The van der Waals surface area contributed by atoms with Gasteiger partial charge in [0.1, 0.15) is 0 Å². The number of carbonyl (C=O) groups is 1. The molecule has 5 heteroatoms. The monoisotopic (exact) mass is 310 g/mol. The molecule has 0 radical (unpaired) electrons. The smallest absolute Gasteiger partial charge is 0.224 e.